The Morgan fingerprint density at radius 1 is 1.55 bits per heavy atom. The molecule has 64 valence electrons. The molecule has 0 saturated carbocycles. The van der Waals surface area contributed by atoms with E-state index in [1.165, 1.54) is 18.7 Å². The van der Waals surface area contributed by atoms with Crippen LogP contribution in [0.5, 0.6) is 0 Å². The Labute approximate surface area is 68.3 Å². The van der Waals surface area contributed by atoms with Crippen molar-refractivity contribution < 1.29 is 0 Å². The third-order valence-electron chi connectivity index (χ3n) is 1.94. The van der Waals surface area contributed by atoms with Gasteiger partial charge in [0.2, 0.25) is 0 Å². The molecule has 11 heavy (non-hydrogen) atoms. The second kappa shape index (κ2) is 3.72. The molecule has 0 aromatic rings. The molecule has 0 bridgehead atoms. The van der Waals surface area contributed by atoms with Crippen LogP contribution in [0.4, 0.5) is 0 Å². The van der Waals surface area contributed by atoms with Crippen LogP contribution >= 0.6 is 0 Å². The van der Waals surface area contributed by atoms with Gasteiger partial charge < -0.3 is 10.6 Å². The molecule has 0 radical (unpaired) electrons. The summed E-state index contributed by atoms with van der Waals surface area (Å²) in [6, 6.07) is 0. The van der Waals surface area contributed by atoms with Gasteiger partial charge in [0, 0.05) is 20.0 Å². The monoisotopic (exact) mass is 155 g/mol. The molecule has 1 atom stereocenters. The Bertz CT molecular complexity index is 151. The highest BCUT2D eigenvalue weighted by atomic mass is 15.2. The number of nitrogens with two attached hydrogens (primary N) is 1. The minimum absolute atomic E-state index is 0.0504. The van der Waals surface area contributed by atoms with E-state index in [4.69, 9.17) is 5.73 Å². The molecule has 3 heteroatoms. The lowest BCUT2D eigenvalue weighted by Crippen LogP contribution is -2.33. The zero-order chi connectivity index (χ0) is 8.27. The molecule has 1 aliphatic heterocycles. The Morgan fingerprint density at radius 3 is 2.82 bits per heavy atom. The smallest absolute Gasteiger partial charge is 0.101 e. The number of rotatable bonds is 1. The van der Waals surface area contributed by atoms with Gasteiger partial charge in [-0.2, -0.15) is 0 Å². The molecule has 3 nitrogen and oxygen atoms in total. The predicted molar refractivity (Wildman–Crippen MR) is 47.6 cm³/mol. The fraction of sp³-hybridized carbons (Fsp3) is 0.875. The molecule has 1 heterocycles. The van der Waals surface area contributed by atoms with Crippen LogP contribution in [-0.2, 0) is 0 Å². The molecule has 1 rings (SSSR count). The van der Waals surface area contributed by atoms with E-state index in [1.807, 2.05) is 6.92 Å². The van der Waals surface area contributed by atoms with E-state index >= 15 is 0 Å². The van der Waals surface area contributed by atoms with Crippen molar-refractivity contribution in [3.8, 4) is 0 Å². The average molecular weight is 155 g/mol. The van der Waals surface area contributed by atoms with Crippen molar-refractivity contribution in [3.63, 3.8) is 0 Å². The topological polar surface area (TPSA) is 41.6 Å². The fourth-order valence-electron chi connectivity index (χ4n) is 1.35. The minimum atomic E-state index is -0.0504. The quantitative estimate of drug-likeness (QED) is 0.608. The summed E-state index contributed by atoms with van der Waals surface area (Å²) in [5.41, 5.74) is 5.57. The van der Waals surface area contributed by atoms with E-state index < -0.39 is 0 Å². The minimum Gasteiger partial charge on any atom is -0.363 e. The van der Waals surface area contributed by atoms with Gasteiger partial charge in [-0.25, -0.2) is 0 Å². The maximum atomic E-state index is 5.57. The van der Waals surface area contributed by atoms with Gasteiger partial charge in [0.05, 0.1) is 6.17 Å². The molecular formula is C8H17N3. The van der Waals surface area contributed by atoms with Gasteiger partial charge in [0.25, 0.3) is 0 Å². The van der Waals surface area contributed by atoms with Gasteiger partial charge in [0.1, 0.15) is 5.84 Å². The predicted octanol–water partition coefficient (Wildman–Crippen LogP) is 0.805. The summed E-state index contributed by atoms with van der Waals surface area (Å²) < 4.78 is 0. The summed E-state index contributed by atoms with van der Waals surface area (Å²) in [5, 5.41) is 0. The van der Waals surface area contributed by atoms with Gasteiger partial charge >= 0.3 is 0 Å². The first-order valence-corrected chi connectivity index (χ1v) is 4.23. The molecule has 0 aromatic heterocycles. The van der Waals surface area contributed by atoms with Crippen molar-refractivity contribution in [2.24, 2.45) is 10.7 Å². The Morgan fingerprint density at radius 2 is 2.27 bits per heavy atom. The van der Waals surface area contributed by atoms with Gasteiger partial charge in [-0.1, -0.05) is 0 Å². The summed E-state index contributed by atoms with van der Waals surface area (Å²) in [6.07, 6.45) is 3.59. The fourth-order valence-corrected chi connectivity index (χ4v) is 1.35. The van der Waals surface area contributed by atoms with Gasteiger partial charge in [0.15, 0.2) is 0 Å². The Hall–Kier alpha value is -0.570. The van der Waals surface area contributed by atoms with E-state index in [1.54, 1.807) is 0 Å². The molecule has 1 aliphatic rings. The first kappa shape index (κ1) is 8.53. The maximum Gasteiger partial charge on any atom is 0.101 e. The van der Waals surface area contributed by atoms with Crippen molar-refractivity contribution >= 4 is 5.84 Å². The summed E-state index contributed by atoms with van der Waals surface area (Å²) >= 11 is 0. The van der Waals surface area contributed by atoms with Crippen molar-refractivity contribution in [2.45, 2.75) is 32.4 Å². The van der Waals surface area contributed by atoms with Crippen LogP contribution < -0.4 is 5.73 Å². The highest BCUT2D eigenvalue weighted by Crippen LogP contribution is 2.09. The third kappa shape index (κ3) is 2.50. The molecule has 1 unspecified atom stereocenters. The number of hydrogen-bond donors (Lipinski definition) is 1. The van der Waals surface area contributed by atoms with Gasteiger partial charge in [-0.3, -0.25) is 4.99 Å². The largest absolute Gasteiger partial charge is 0.363 e. The van der Waals surface area contributed by atoms with E-state index in [-0.39, 0.29) is 6.17 Å². The number of piperidine rings is 1. The molecule has 1 fully saturated rings. The summed E-state index contributed by atoms with van der Waals surface area (Å²) in [5.74, 6) is 1.17. The highest BCUT2D eigenvalue weighted by molar-refractivity contribution is 5.82. The standard InChI is InChI=1S/C8H17N3/c1-7(9)10-8-5-3-4-6-11(8)2/h7H,3-6,9H2,1-2H3. The normalized spacial score (nSPS) is 25.7. The second-order valence-electron chi connectivity index (χ2n) is 3.16. The lowest BCUT2D eigenvalue weighted by atomic mass is 10.1. The lowest BCUT2D eigenvalue weighted by Gasteiger charge is -2.26. The molecule has 0 spiro atoms. The molecular weight excluding hydrogens is 138 g/mol. The number of nitrogens with zero attached hydrogens (tertiary/aromatic N) is 2. The first-order valence-electron chi connectivity index (χ1n) is 4.23. The van der Waals surface area contributed by atoms with Crippen LogP contribution in [0, 0.1) is 0 Å². The number of amidine groups is 1. The Kier molecular flexibility index (Phi) is 2.88. The lowest BCUT2D eigenvalue weighted by molar-refractivity contribution is 0.429. The van der Waals surface area contributed by atoms with Gasteiger partial charge in [-0.05, 0) is 19.8 Å². The summed E-state index contributed by atoms with van der Waals surface area (Å²) in [6.45, 7) is 3.04. The van der Waals surface area contributed by atoms with E-state index in [0.717, 1.165) is 13.0 Å². The van der Waals surface area contributed by atoms with Crippen LogP contribution in [0.3, 0.4) is 0 Å². The van der Waals surface area contributed by atoms with Crippen LogP contribution in [0.25, 0.3) is 0 Å². The molecule has 0 amide bonds. The van der Waals surface area contributed by atoms with E-state index in [0.29, 0.717) is 0 Å². The molecule has 0 aliphatic carbocycles. The van der Waals surface area contributed by atoms with Crippen molar-refractivity contribution in [2.75, 3.05) is 13.6 Å². The van der Waals surface area contributed by atoms with Crippen molar-refractivity contribution in [1.82, 2.24) is 4.90 Å². The van der Waals surface area contributed by atoms with Crippen molar-refractivity contribution in [1.29, 1.82) is 0 Å². The van der Waals surface area contributed by atoms with E-state index in [2.05, 4.69) is 16.9 Å². The number of likely N-dealkylation sites (tertiary alicyclic amines) is 1. The zero-order valence-corrected chi connectivity index (χ0v) is 7.38. The van der Waals surface area contributed by atoms with Crippen LogP contribution in [-0.4, -0.2) is 30.5 Å². The van der Waals surface area contributed by atoms with Crippen LogP contribution in [0.15, 0.2) is 4.99 Å². The molecule has 0 aromatic carbocycles. The average Bonchev–Trinajstić information content (AvgIpc) is 1.93. The summed E-state index contributed by atoms with van der Waals surface area (Å²) in [4.78, 5) is 6.54. The molecule has 1 saturated heterocycles. The third-order valence-corrected chi connectivity index (χ3v) is 1.94. The second-order valence-corrected chi connectivity index (χ2v) is 3.16. The van der Waals surface area contributed by atoms with E-state index in [9.17, 15) is 0 Å². The molecule has 2 N–H and O–H groups in total. The highest BCUT2D eigenvalue weighted by Gasteiger charge is 2.11. The zero-order valence-electron chi connectivity index (χ0n) is 7.38. The Balaban J connectivity index is 2.53. The number of aliphatic imine (C=N–C) groups is 1. The SMILES string of the molecule is CC(N)N=C1CCCCN1C. The summed E-state index contributed by atoms with van der Waals surface area (Å²) in [7, 11) is 2.08. The number of hydrogen-bond acceptors (Lipinski definition) is 2. The first-order chi connectivity index (χ1) is 5.20. The maximum absolute atomic E-state index is 5.57. The van der Waals surface area contributed by atoms with Crippen LogP contribution in [0.1, 0.15) is 26.2 Å². The van der Waals surface area contributed by atoms with Crippen molar-refractivity contribution in [3.05, 3.63) is 0 Å². The van der Waals surface area contributed by atoms with Crippen LogP contribution in [0.2, 0.25) is 0 Å². The van der Waals surface area contributed by atoms with Gasteiger partial charge in [-0.15, -0.1) is 0 Å².